The zero-order valence-corrected chi connectivity index (χ0v) is 20.6. The molecule has 1 atom stereocenters. The molecule has 0 spiro atoms. The Hall–Kier alpha value is -4.05. The van der Waals surface area contributed by atoms with Crippen LogP contribution in [-0.4, -0.2) is 28.0 Å². The third-order valence-corrected chi connectivity index (χ3v) is 6.01. The van der Waals surface area contributed by atoms with Crippen molar-refractivity contribution in [3.05, 3.63) is 99.0 Å². The molecule has 0 bridgehead atoms. The first-order valence-corrected chi connectivity index (χ1v) is 12.1. The Morgan fingerprint density at radius 3 is 2.27 bits per heavy atom. The van der Waals surface area contributed by atoms with E-state index in [9.17, 15) is 23.2 Å². The van der Waals surface area contributed by atoms with Crippen molar-refractivity contribution in [1.82, 2.24) is 20.3 Å². The summed E-state index contributed by atoms with van der Waals surface area (Å²) in [7, 11) is 0. The minimum absolute atomic E-state index is 0.0320. The van der Waals surface area contributed by atoms with Gasteiger partial charge in [0.15, 0.2) is 11.4 Å². The van der Waals surface area contributed by atoms with Gasteiger partial charge < -0.3 is 14.6 Å². The average Bonchev–Trinajstić information content (AvgIpc) is 2.88. The summed E-state index contributed by atoms with van der Waals surface area (Å²) in [6.07, 6.45) is 2.30. The quantitative estimate of drug-likeness (QED) is 0.426. The maximum atomic E-state index is 13.5. The number of rotatable bonds is 9. The summed E-state index contributed by atoms with van der Waals surface area (Å²) in [5, 5.41) is 4.01. The van der Waals surface area contributed by atoms with Gasteiger partial charge >= 0.3 is 0 Å². The van der Waals surface area contributed by atoms with Crippen molar-refractivity contribution in [3.8, 4) is 5.75 Å². The largest absolute Gasteiger partial charge is 0.487 e. The van der Waals surface area contributed by atoms with Crippen molar-refractivity contribution in [2.24, 2.45) is 0 Å². The minimum atomic E-state index is -0.692. The summed E-state index contributed by atoms with van der Waals surface area (Å²) in [5.74, 6) is -2.12. The van der Waals surface area contributed by atoms with Crippen LogP contribution in [0.15, 0.2) is 59.5 Å². The highest BCUT2D eigenvalue weighted by Crippen LogP contribution is 2.26. The number of ether oxygens (including phenoxy) is 1. The molecular weight excluding hydrogens is 482 g/mol. The number of hydrogen-bond acceptors (Lipinski definition) is 5. The second-order valence-electron chi connectivity index (χ2n) is 8.79. The van der Waals surface area contributed by atoms with Crippen molar-refractivity contribution in [2.75, 3.05) is 6.61 Å². The number of pyridine rings is 1. The third-order valence-electron chi connectivity index (χ3n) is 6.01. The molecule has 0 radical (unpaired) electrons. The van der Waals surface area contributed by atoms with Crippen LogP contribution >= 0.6 is 0 Å². The first kappa shape index (κ1) is 26.0. The highest BCUT2D eigenvalue weighted by Gasteiger charge is 2.34. The van der Waals surface area contributed by atoms with Gasteiger partial charge in [0.1, 0.15) is 17.2 Å². The van der Waals surface area contributed by atoms with Gasteiger partial charge in [0, 0.05) is 12.7 Å². The zero-order chi connectivity index (χ0) is 26.5. The summed E-state index contributed by atoms with van der Waals surface area (Å²) in [6.45, 7) is 4.16. The summed E-state index contributed by atoms with van der Waals surface area (Å²) in [6, 6.07) is 11.4. The number of amides is 2. The lowest BCUT2D eigenvalue weighted by molar-refractivity contribution is 0.0451. The second kappa shape index (κ2) is 11.3. The van der Waals surface area contributed by atoms with Gasteiger partial charge in [-0.25, -0.2) is 14.2 Å². The molecule has 1 unspecified atom stereocenters. The molecule has 194 valence electrons. The van der Waals surface area contributed by atoms with E-state index in [1.165, 1.54) is 52.2 Å². The van der Waals surface area contributed by atoms with E-state index in [4.69, 9.17) is 4.74 Å². The normalized spacial score (nSPS) is 14.9. The van der Waals surface area contributed by atoms with Crippen LogP contribution in [0.5, 0.6) is 5.75 Å². The van der Waals surface area contributed by atoms with E-state index < -0.39 is 29.2 Å². The van der Waals surface area contributed by atoms with Crippen LogP contribution in [0.4, 0.5) is 8.78 Å². The molecule has 1 aliphatic heterocycles. The number of nitrogens with one attached hydrogen (secondary N) is 2. The van der Waals surface area contributed by atoms with E-state index in [2.05, 4.69) is 10.7 Å². The Bertz CT molecular complexity index is 1340. The van der Waals surface area contributed by atoms with Crippen LogP contribution in [0, 0.1) is 11.6 Å². The van der Waals surface area contributed by atoms with Gasteiger partial charge in [0.2, 0.25) is 5.43 Å². The molecule has 2 heterocycles. The molecule has 2 N–H and O–H groups in total. The lowest BCUT2D eigenvalue weighted by atomic mass is 10.1. The fraction of sp³-hybridized carbons (Fsp3) is 0.296. The molecule has 37 heavy (non-hydrogen) atoms. The number of halogens is 2. The van der Waals surface area contributed by atoms with Crippen LogP contribution in [0.2, 0.25) is 0 Å². The lowest BCUT2D eigenvalue weighted by Crippen LogP contribution is -2.52. The predicted octanol–water partition coefficient (Wildman–Crippen LogP) is 3.91. The first-order valence-electron chi connectivity index (χ1n) is 12.1. The van der Waals surface area contributed by atoms with E-state index in [1.807, 2.05) is 6.92 Å². The van der Waals surface area contributed by atoms with E-state index in [1.54, 1.807) is 19.1 Å². The maximum Gasteiger partial charge on any atom is 0.289 e. The van der Waals surface area contributed by atoms with Gasteiger partial charge in [0.25, 0.3) is 11.8 Å². The van der Waals surface area contributed by atoms with E-state index in [0.717, 1.165) is 6.42 Å². The predicted molar refractivity (Wildman–Crippen MR) is 133 cm³/mol. The van der Waals surface area contributed by atoms with Crippen molar-refractivity contribution >= 4 is 11.8 Å². The van der Waals surface area contributed by atoms with E-state index in [0.29, 0.717) is 17.5 Å². The van der Waals surface area contributed by atoms with Gasteiger partial charge in [0.05, 0.1) is 19.3 Å². The molecule has 0 fully saturated rings. The standard InChI is InChI=1S/C27H28F2N4O4/c1-3-4-13-37-25-23-27(36)33(15-19-7-11-21(29)12-8-19)31-17(2)32(23)16-22(24(25)34)26(35)30-14-18-5-9-20(28)10-6-18/h5-12,16-17,31H,3-4,13-15H2,1-2H3,(H,30,35). The fourth-order valence-corrected chi connectivity index (χ4v) is 3.98. The van der Waals surface area contributed by atoms with Crippen LogP contribution < -0.4 is 20.9 Å². The number of hydrazine groups is 1. The lowest BCUT2D eigenvalue weighted by Gasteiger charge is -2.36. The zero-order valence-electron chi connectivity index (χ0n) is 20.6. The fourth-order valence-electron chi connectivity index (χ4n) is 3.98. The van der Waals surface area contributed by atoms with Gasteiger partial charge in [-0.15, -0.1) is 0 Å². The molecule has 10 heteroatoms. The topological polar surface area (TPSA) is 92.7 Å². The SMILES string of the molecule is CCCCOc1c2n(cc(C(=O)NCc3ccc(F)cc3)c1=O)C(C)NN(Cc1ccc(F)cc1)C2=O. The average molecular weight is 511 g/mol. The van der Waals surface area contributed by atoms with Crippen LogP contribution in [0.25, 0.3) is 0 Å². The Morgan fingerprint density at radius 1 is 1.03 bits per heavy atom. The van der Waals surface area contributed by atoms with Gasteiger partial charge in [-0.1, -0.05) is 37.6 Å². The molecule has 1 aliphatic rings. The molecular formula is C27H28F2N4O4. The molecule has 3 aromatic rings. The Balaban J connectivity index is 1.66. The number of carbonyl (C=O) groups is 2. The van der Waals surface area contributed by atoms with Gasteiger partial charge in [-0.3, -0.25) is 19.4 Å². The molecule has 4 rings (SSSR count). The molecule has 8 nitrogen and oxygen atoms in total. The number of hydrogen-bond donors (Lipinski definition) is 2. The Kier molecular flexibility index (Phi) is 7.98. The van der Waals surface area contributed by atoms with Crippen molar-refractivity contribution in [2.45, 2.75) is 45.9 Å². The molecule has 2 aromatic carbocycles. The van der Waals surface area contributed by atoms with Crippen LogP contribution in [-0.2, 0) is 13.1 Å². The molecule has 0 saturated heterocycles. The summed E-state index contributed by atoms with van der Waals surface area (Å²) in [5.41, 5.74) is 3.57. The van der Waals surface area contributed by atoms with Gasteiger partial charge in [-0.05, 0) is 48.7 Å². The number of aromatic nitrogens is 1. The van der Waals surface area contributed by atoms with Crippen molar-refractivity contribution in [1.29, 1.82) is 0 Å². The molecule has 1 aromatic heterocycles. The second-order valence-corrected chi connectivity index (χ2v) is 8.79. The highest BCUT2D eigenvalue weighted by atomic mass is 19.1. The summed E-state index contributed by atoms with van der Waals surface area (Å²) in [4.78, 5) is 39.9. The van der Waals surface area contributed by atoms with Crippen molar-refractivity contribution in [3.63, 3.8) is 0 Å². The van der Waals surface area contributed by atoms with Crippen molar-refractivity contribution < 1.29 is 23.1 Å². The minimum Gasteiger partial charge on any atom is -0.487 e. The third kappa shape index (κ3) is 5.86. The number of unbranched alkanes of at least 4 members (excludes halogenated alkanes) is 1. The highest BCUT2D eigenvalue weighted by molar-refractivity contribution is 5.99. The van der Waals surface area contributed by atoms with Gasteiger partial charge in [-0.2, -0.15) is 0 Å². The summed E-state index contributed by atoms with van der Waals surface area (Å²) >= 11 is 0. The smallest absolute Gasteiger partial charge is 0.289 e. The summed E-state index contributed by atoms with van der Waals surface area (Å²) < 4.78 is 33.8. The van der Waals surface area contributed by atoms with Crippen LogP contribution in [0.3, 0.4) is 0 Å². The Labute approximate surface area is 212 Å². The monoisotopic (exact) mass is 510 g/mol. The maximum absolute atomic E-state index is 13.5. The molecule has 0 saturated carbocycles. The number of fused-ring (bicyclic) bond motifs is 1. The van der Waals surface area contributed by atoms with E-state index in [-0.39, 0.29) is 42.5 Å². The number of nitrogens with zero attached hydrogens (tertiary/aromatic N) is 2. The van der Waals surface area contributed by atoms with E-state index >= 15 is 0 Å². The molecule has 0 aliphatic carbocycles. The molecule has 2 amide bonds. The van der Waals surface area contributed by atoms with Crippen LogP contribution in [0.1, 0.15) is 64.8 Å². The number of carbonyl (C=O) groups excluding carboxylic acids is 2. The first-order chi connectivity index (χ1) is 17.8. The number of benzene rings is 2. The Morgan fingerprint density at radius 2 is 1.65 bits per heavy atom.